The van der Waals surface area contributed by atoms with Gasteiger partial charge in [0.1, 0.15) is 0 Å². The Balaban J connectivity index is -0.000000600. The standard InChI is InChI=1S/C18H36O2.C13H9N.NO3.2H2N.Pt/c1-2-3-4-5-6-7-8-9-10-11-12-13-14-15-16-17-18(19)20;1-2-6-11-10(5-1)9-14-13-8-4-3-7-12(11)13;2-1(3)4;;;/h2-17H2,1H3,(H,19,20);1-9H;;2*1H2;/q;;3*-1;+2. The monoisotopic (exact) mass is 752 g/mol. The molecule has 0 radical (unpaired) electrons. The Morgan fingerprint density at radius 2 is 1.10 bits per heavy atom. The number of hydrogen-bond acceptors (Lipinski definition) is 5. The van der Waals surface area contributed by atoms with Crippen LogP contribution in [-0.2, 0) is 25.9 Å². The summed E-state index contributed by atoms with van der Waals surface area (Å²) in [6, 6.07) is 16.6. The van der Waals surface area contributed by atoms with Gasteiger partial charge in [-0.05, 0) is 17.9 Å². The van der Waals surface area contributed by atoms with Gasteiger partial charge in [0.2, 0.25) is 0 Å². The minimum atomic E-state index is -1.75. The average molecular weight is 753 g/mol. The van der Waals surface area contributed by atoms with Gasteiger partial charge in [-0.1, -0.05) is 139 Å². The third-order valence-corrected chi connectivity index (χ3v) is 6.49. The maximum Gasteiger partial charge on any atom is 2.00 e. The molecule has 0 aliphatic heterocycles. The molecule has 3 aromatic rings. The molecule has 0 fully saturated rings. The van der Waals surface area contributed by atoms with Gasteiger partial charge in [-0.2, -0.15) is 0 Å². The fourth-order valence-electron chi connectivity index (χ4n) is 4.46. The van der Waals surface area contributed by atoms with Gasteiger partial charge in [0.15, 0.2) is 0 Å². The number of aliphatic carboxylic acids is 1. The third kappa shape index (κ3) is 22.7. The summed E-state index contributed by atoms with van der Waals surface area (Å²) in [4.78, 5) is 23.0. The van der Waals surface area contributed by atoms with Gasteiger partial charge < -0.3 is 32.7 Å². The first-order valence-corrected chi connectivity index (χ1v) is 14.2. The van der Waals surface area contributed by atoms with Crippen LogP contribution in [0.5, 0.6) is 0 Å². The summed E-state index contributed by atoms with van der Waals surface area (Å²) in [5.41, 5.74) is 1.06. The molecule has 2 aromatic carbocycles. The molecule has 10 heteroatoms. The molecule has 41 heavy (non-hydrogen) atoms. The van der Waals surface area contributed by atoms with E-state index in [1.165, 1.54) is 99.6 Å². The predicted octanol–water partition coefficient (Wildman–Crippen LogP) is 10.9. The molecular weight excluding hydrogens is 703 g/mol. The number of para-hydroxylation sites is 1. The summed E-state index contributed by atoms with van der Waals surface area (Å²) in [6.45, 7) is 2.27. The molecule has 3 rings (SSSR count). The van der Waals surface area contributed by atoms with E-state index in [0.29, 0.717) is 6.42 Å². The van der Waals surface area contributed by atoms with Gasteiger partial charge in [0.25, 0.3) is 0 Å². The van der Waals surface area contributed by atoms with Crippen LogP contribution in [0.1, 0.15) is 110 Å². The van der Waals surface area contributed by atoms with Crippen molar-refractivity contribution >= 4 is 27.6 Å². The van der Waals surface area contributed by atoms with E-state index >= 15 is 0 Å². The van der Waals surface area contributed by atoms with Crippen molar-refractivity contribution in [2.24, 2.45) is 0 Å². The SMILES string of the molecule is CCCCCCCCCCCCCCCCCC(=O)O.O=[N+]([O-])[O-].[NH2-].[NH2-].[Pt+2].c1ccc2c(c1)cnc1ccccc12. The first kappa shape index (κ1) is 42.9. The van der Waals surface area contributed by atoms with E-state index in [4.69, 9.17) is 20.4 Å². The number of nitrogens with two attached hydrogens (primary N) is 2. The zero-order valence-electron chi connectivity index (χ0n) is 24.5. The second-order valence-electron chi connectivity index (χ2n) is 9.68. The van der Waals surface area contributed by atoms with E-state index in [0.717, 1.165) is 18.4 Å². The second-order valence-corrected chi connectivity index (χ2v) is 9.68. The molecule has 1 aromatic heterocycles. The number of hydrogen-bond donors (Lipinski definition) is 1. The van der Waals surface area contributed by atoms with Gasteiger partial charge in [-0.15, -0.1) is 0 Å². The number of pyridine rings is 1. The minimum absolute atomic E-state index is 0. The molecule has 0 aliphatic rings. The molecular formula is C31H49N4O5Pt-. The molecule has 0 aliphatic carbocycles. The number of carboxylic acids is 1. The Morgan fingerprint density at radius 3 is 1.56 bits per heavy atom. The molecule has 0 saturated carbocycles. The first-order chi connectivity index (χ1) is 18.5. The van der Waals surface area contributed by atoms with Crippen molar-refractivity contribution in [3.8, 4) is 0 Å². The quantitative estimate of drug-likeness (QED) is 0.0656. The van der Waals surface area contributed by atoms with Crippen LogP contribution in [0.15, 0.2) is 54.7 Å². The summed E-state index contributed by atoms with van der Waals surface area (Å²) in [5.74, 6) is -0.653. The zero-order chi connectivity index (χ0) is 27.8. The molecule has 0 amide bonds. The number of carboxylic acid groups (broad SMARTS) is 1. The van der Waals surface area contributed by atoms with Crippen molar-refractivity contribution in [3.05, 3.63) is 82.4 Å². The fourth-order valence-corrected chi connectivity index (χ4v) is 4.46. The van der Waals surface area contributed by atoms with Crippen LogP contribution < -0.4 is 0 Å². The third-order valence-electron chi connectivity index (χ3n) is 6.49. The normalized spacial score (nSPS) is 9.59. The van der Waals surface area contributed by atoms with Crippen molar-refractivity contribution in [1.82, 2.24) is 4.98 Å². The van der Waals surface area contributed by atoms with Crippen LogP contribution in [0, 0.1) is 15.3 Å². The van der Waals surface area contributed by atoms with Gasteiger partial charge in [-0.25, -0.2) is 0 Å². The number of fused-ring (bicyclic) bond motifs is 3. The summed E-state index contributed by atoms with van der Waals surface area (Å²) >= 11 is 0. The van der Waals surface area contributed by atoms with Crippen molar-refractivity contribution < 1.29 is 36.1 Å². The Kier molecular flexibility index (Phi) is 30.2. The molecule has 0 atom stereocenters. The van der Waals surface area contributed by atoms with E-state index in [1.54, 1.807) is 0 Å². The maximum absolute atomic E-state index is 10.3. The number of nitrogens with zero attached hydrogens (tertiary/aromatic N) is 2. The Bertz CT molecular complexity index is 996. The van der Waals surface area contributed by atoms with E-state index in [2.05, 4.69) is 42.2 Å². The van der Waals surface area contributed by atoms with Crippen LogP contribution in [0.4, 0.5) is 0 Å². The minimum Gasteiger partial charge on any atom is -0.693 e. The van der Waals surface area contributed by atoms with Gasteiger partial charge in [-0.3, -0.25) is 9.78 Å². The van der Waals surface area contributed by atoms with E-state index in [-0.39, 0.29) is 33.4 Å². The topological polar surface area (TPSA) is 183 Å². The Hall–Kier alpha value is -2.61. The summed E-state index contributed by atoms with van der Waals surface area (Å²) in [5, 5.41) is 27.0. The van der Waals surface area contributed by atoms with Crippen molar-refractivity contribution in [2.75, 3.05) is 0 Å². The zero-order valence-corrected chi connectivity index (χ0v) is 26.7. The number of aromatic nitrogens is 1. The van der Waals surface area contributed by atoms with E-state index in [1.807, 2.05) is 24.4 Å². The van der Waals surface area contributed by atoms with E-state index < -0.39 is 11.1 Å². The summed E-state index contributed by atoms with van der Waals surface area (Å²) in [6.07, 6.45) is 22.1. The molecule has 5 N–H and O–H groups in total. The predicted molar refractivity (Wildman–Crippen MR) is 167 cm³/mol. The first-order valence-electron chi connectivity index (χ1n) is 14.2. The van der Waals surface area contributed by atoms with E-state index in [9.17, 15) is 4.79 Å². The van der Waals surface area contributed by atoms with Crippen molar-refractivity contribution in [3.63, 3.8) is 0 Å². The fraction of sp³-hybridized carbons (Fsp3) is 0.548. The van der Waals surface area contributed by atoms with Gasteiger partial charge in [0, 0.05) is 23.4 Å². The number of benzene rings is 2. The summed E-state index contributed by atoms with van der Waals surface area (Å²) < 4.78 is 0. The molecule has 0 saturated heterocycles. The van der Waals surface area contributed by atoms with Crippen molar-refractivity contribution in [2.45, 2.75) is 110 Å². The average Bonchev–Trinajstić information content (AvgIpc) is 2.91. The maximum atomic E-state index is 10.3. The van der Waals surface area contributed by atoms with Crippen LogP contribution in [-0.4, -0.2) is 21.1 Å². The van der Waals surface area contributed by atoms with Crippen molar-refractivity contribution in [1.29, 1.82) is 0 Å². The molecule has 0 bridgehead atoms. The van der Waals surface area contributed by atoms with Crippen LogP contribution in [0.3, 0.4) is 0 Å². The van der Waals surface area contributed by atoms with Gasteiger partial charge in [0.05, 0.1) is 10.6 Å². The molecule has 9 nitrogen and oxygen atoms in total. The Labute approximate surface area is 260 Å². The number of rotatable bonds is 16. The van der Waals surface area contributed by atoms with Crippen LogP contribution in [0.2, 0.25) is 0 Å². The largest absolute Gasteiger partial charge is 2.00 e. The number of carbonyl (C=O) groups is 1. The molecule has 1 heterocycles. The smallest absolute Gasteiger partial charge is 0.693 e. The molecule has 234 valence electrons. The summed E-state index contributed by atoms with van der Waals surface area (Å²) in [7, 11) is 0. The second kappa shape index (κ2) is 28.9. The van der Waals surface area contributed by atoms with Crippen LogP contribution >= 0.6 is 0 Å². The van der Waals surface area contributed by atoms with Crippen LogP contribution in [0.25, 0.3) is 34.0 Å². The molecule has 0 spiro atoms. The number of unbranched alkanes of at least 4 members (excludes halogenated alkanes) is 14. The van der Waals surface area contributed by atoms with Gasteiger partial charge >= 0.3 is 27.0 Å². The molecule has 0 unspecified atom stereocenters. The Morgan fingerprint density at radius 1 is 0.707 bits per heavy atom.